The lowest BCUT2D eigenvalue weighted by Crippen LogP contribution is -2.46. The number of hydrogen-bond acceptors (Lipinski definition) is 2. The Kier molecular flexibility index (Phi) is 2.97. The molecule has 2 aliphatic rings. The van der Waals surface area contributed by atoms with Gasteiger partial charge in [0.25, 0.3) is 0 Å². The molecule has 0 spiro atoms. The molecule has 2 rings (SSSR count). The smallest absolute Gasteiger partial charge is 0.250 e. The van der Waals surface area contributed by atoms with Gasteiger partial charge in [-0.3, -0.25) is 4.79 Å². The molecule has 1 amide bonds. The Balaban J connectivity index is 2.13. The van der Waals surface area contributed by atoms with Gasteiger partial charge >= 0.3 is 0 Å². The van der Waals surface area contributed by atoms with Crippen molar-refractivity contribution in [3.63, 3.8) is 0 Å². The van der Waals surface area contributed by atoms with E-state index in [0.29, 0.717) is 12.5 Å². The van der Waals surface area contributed by atoms with Crippen LogP contribution in [0.15, 0.2) is 22.2 Å². The lowest BCUT2D eigenvalue weighted by molar-refractivity contribution is -0.125. The van der Waals surface area contributed by atoms with E-state index in [2.05, 4.69) is 15.9 Å². The summed E-state index contributed by atoms with van der Waals surface area (Å²) in [5, 5.41) is 0. The quantitative estimate of drug-likeness (QED) is 0.840. The number of fused-ring (bicyclic) bond motifs is 1. The molecule has 0 bridgehead atoms. The summed E-state index contributed by atoms with van der Waals surface area (Å²) in [7, 11) is 0. The van der Waals surface area contributed by atoms with Crippen LogP contribution in [0.1, 0.15) is 20.3 Å². The standard InChI is InChI=1S/C12H17BrN2O/c1-12(2,14)7-15-6-8-5-9(13)3-4-10(8)11(15)16/h3-4,8H,5-7,14H2,1-2H3. The van der Waals surface area contributed by atoms with Crippen LogP contribution in [0.4, 0.5) is 0 Å². The first kappa shape index (κ1) is 11.9. The number of hydrogen-bond donors (Lipinski definition) is 1. The number of halogens is 1. The summed E-state index contributed by atoms with van der Waals surface area (Å²) in [6.07, 6.45) is 4.84. The Hall–Kier alpha value is -0.610. The molecule has 1 saturated heterocycles. The first-order valence-corrected chi connectivity index (χ1v) is 6.30. The second-order valence-electron chi connectivity index (χ2n) is 5.31. The van der Waals surface area contributed by atoms with E-state index in [4.69, 9.17) is 5.73 Å². The number of carbonyl (C=O) groups excluding carboxylic acids is 1. The fourth-order valence-electron chi connectivity index (χ4n) is 2.30. The van der Waals surface area contributed by atoms with Crippen LogP contribution >= 0.6 is 15.9 Å². The normalized spacial score (nSPS) is 25.4. The highest BCUT2D eigenvalue weighted by Gasteiger charge is 2.37. The molecular formula is C12H17BrN2O. The molecule has 0 saturated carbocycles. The highest BCUT2D eigenvalue weighted by molar-refractivity contribution is 9.11. The molecule has 1 unspecified atom stereocenters. The number of likely N-dealkylation sites (tertiary alicyclic amines) is 1. The first-order valence-electron chi connectivity index (χ1n) is 5.51. The van der Waals surface area contributed by atoms with Gasteiger partial charge in [0.1, 0.15) is 0 Å². The number of allylic oxidation sites excluding steroid dienone is 3. The molecule has 0 aromatic carbocycles. The largest absolute Gasteiger partial charge is 0.336 e. The number of carbonyl (C=O) groups is 1. The third-order valence-electron chi connectivity index (χ3n) is 2.90. The molecule has 2 N–H and O–H groups in total. The van der Waals surface area contributed by atoms with Crippen molar-refractivity contribution in [3.8, 4) is 0 Å². The van der Waals surface area contributed by atoms with Crippen LogP contribution in [0, 0.1) is 5.92 Å². The molecule has 4 heteroatoms. The second-order valence-corrected chi connectivity index (χ2v) is 6.33. The van der Waals surface area contributed by atoms with Gasteiger partial charge in [0, 0.05) is 30.1 Å². The van der Waals surface area contributed by atoms with Crippen molar-refractivity contribution < 1.29 is 4.79 Å². The first-order chi connectivity index (χ1) is 7.37. The van der Waals surface area contributed by atoms with Crippen molar-refractivity contribution in [3.05, 3.63) is 22.2 Å². The molecule has 16 heavy (non-hydrogen) atoms. The van der Waals surface area contributed by atoms with Gasteiger partial charge in [-0.2, -0.15) is 0 Å². The van der Waals surface area contributed by atoms with Crippen LogP contribution in [0.25, 0.3) is 0 Å². The minimum Gasteiger partial charge on any atom is -0.336 e. The molecule has 88 valence electrons. The van der Waals surface area contributed by atoms with Crippen LogP contribution in [-0.4, -0.2) is 29.4 Å². The fraction of sp³-hybridized carbons (Fsp3) is 0.583. The molecule has 1 fully saturated rings. The van der Waals surface area contributed by atoms with E-state index >= 15 is 0 Å². The SMILES string of the molecule is CC(C)(N)CN1CC2CC(Br)=CC=C2C1=O. The molecule has 0 aromatic rings. The molecule has 1 aliphatic heterocycles. The monoisotopic (exact) mass is 284 g/mol. The molecule has 0 aromatic heterocycles. The Morgan fingerprint density at radius 1 is 1.56 bits per heavy atom. The van der Waals surface area contributed by atoms with Gasteiger partial charge in [0.2, 0.25) is 5.91 Å². The lowest BCUT2D eigenvalue weighted by Gasteiger charge is -2.26. The maximum atomic E-state index is 12.1. The number of nitrogens with two attached hydrogens (primary N) is 1. The molecule has 1 heterocycles. The summed E-state index contributed by atoms with van der Waals surface area (Å²) < 4.78 is 1.17. The molecule has 1 aliphatic carbocycles. The number of amides is 1. The fourth-order valence-corrected chi connectivity index (χ4v) is 2.82. The Bertz CT molecular complexity index is 379. The maximum absolute atomic E-state index is 12.1. The predicted octanol–water partition coefficient (Wildman–Crippen LogP) is 1.79. The Labute approximate surface area is 104 Å². The van der Waals surface area contributed by atoms with E-state index in [1.165, 1.54) is 4.48 Å². The summed E-state index contributed by atoms with van der Waals surface area (Å²) in [5.74, 6) is 0.494. The molecule has 3 nitrogen and oxygen atoms in total. The summed E-state index contributed by atoms with van der Waals surface area (Å²) in [6.45, 7) is 5.32. The summed E-state index contributed by atoms with van der Waals surface area (Å²) in [4.78, 5) is 14.0. The van der Waals surface area contributed by atoms with Crippen molar-refractivity contribution in [2.24, 2.45) is 11.7 Å². The van der Waals surface area contributed by atoms with Crippen LogP contribution in [0.2, 0.25) is 0 Å². The minimum absolute atomic E-state index is 0.153. The number of rotatable bonds is 2. The number of nitrogens with zero attached hydrogens (tertiary/aromatic N) is 1. The van der Waals surface area contributed by atoms with Crippen molar-refractivity contribution in [1.82, 2.24) is 4.90 Å². The van der Waals surface area contributed by atoms with Crippen LogP contribution in [-0.2, 0) is 4.79 Å². The van der Waals surface area contributed by atoms with Crippen LogP contribution in [0.5, 0.6) is 0 Å². The van der Waals surface area contributed by atoms with E-state index in [1.807, 2.05) is 30.9 Å². The summed E-state index contributed by atoms with van der Waals surface area (Å²) >= 11 is 3.49. The van der Waals surface area contributed by atoms with Gasteiger partial charge in [-0.1, -0.05) is 28.1 Å². The Morgan fingerprint density at radius 3 is 2.88 bits per heavy atom. The topological polar surface area (TPSA) is 46.3 Å². The molecule has 0 radical (unpaired) electrons. The van der Waals surface area contributed by atoms with Gasteiger partial charge in [0.15, 0.2) is 0 Å². The van der Waals surface area contributed by atoms with Gasteiger partial charge < -0.3 is 10.6 Å². The van der Waals surface area contributed by atoms with Crippen molar-refractivity contribution >= 4 is 21.8 Å². The zero-order valence-corrected chi connectivity index (χ0v) is 11.3. The zero-order chi connectivity index (χ0) is 11.9. The average Bonchev–Trinajstić information content (AvgIpc) is 2.40. The third kappa shape index (κ3) is 2.38. The highest BCUT2D eigenvalue weighted by Crippen LogP contribution is 2.35. The van der Waals surface area contributed by atoms with E-state index < -0.39 is 0 Å². The average molecular weight is 285 g/mol. The van der Waals surface area contributed by atoms with Crippen molar-refractivity contribution in [2.75, 3.05) is 13.1 Å². The van der Waals surface area contributed by atoms with Gasteiger partial charge in [-0.05, 0) is 24.8 Å². The van der Waals surface area contributed by atoms with Crippen molar-refractivity contribution in [1.29, 1.82) is 0 Å². The Morgan fingerprint density at radius 2 is 2.25 bits per heavy atom. The summed E-state index contributed by atoms with van der Waals surface area (Å²) in [6, 6.07) is 0. The van der Waals surface area contributed by atoms with Crippen LogP contribution in [0.3, 0.4) is 0 Å². The summed E-state index contributed by atoms with van der Waals surface area (Å²) in [5.41, 5.74) is 6.57. The van der Waals surface area contributed by atoms with Gasteiger partial charge in [-0.15, -0.1) is 0 Å². The van der Waals surface area contributed by atoms with E-state index in [9.17, 15) is 4.79 Å². The highest BCUT2D eigenvalue weighted by atomic mass is 79.9. The minimum atomic E-state index is -0.325. The van der Waals surface area contributed by atoms with Crippen LogP contribution < -0.4 is 5.73 Å². The molecular weight excluding hydrogens is 268 g/mol. The lowest BCUT2D eigenvalue weighted by atomic mass is 9.94. The second kappa shape index (κ2) is 4.00. The van der Waals surface area contributed by atoms with Crippen molar-refractivity contribution in [2.45, 2.75) is 25.8 Å². The van der Waals surface area contributed by atoms with Gasteiger partial charge in [0.05, 0.1) is 0 Å². The zero-order valence-electron chi connectivity index (χ0n) is 9.66. The molecule has 1 atom stereocenters. The van der Waals surface area contributed by atoms with Gasteiger partial charge in [-0.25, -0.2) is 0 Å². The third-order valence-corrected chi connectivity index (χ3v) is 3.49. The maximum Gasteiger partial charge on any atom is 0.250 e. The van der Waals surface area contributed by atoms with E-state index in [0.717, 1.165) is 18.5 Å². The van der Waals surface area contributed by atoms with E-state index in [-0.39, 0.29) is 11.4 Å². The van der Waals surface area contributed by atoms with E-state index in [1.54, 1.807) is 0 Å². The predicted molar refractivity (Wildman–Crippen MR) is 68.0 cm³/mol.